The average molecular weight is 300 g/mol. The average Bonchev–Trinajstić information content (AvgIpc) is 2.44. The molecule has 116 valence electrons. The number of urea groups is 1. The second kappa shape index (κ2) is 7.56. The first-order chi connectivity index (χ1) is 9.85. The number of carboxylic acid groups (broad SMARTS) is 1. The van der Waals surface area contributed by atoms with Crippen molar-refractivity contribution in [2.24, 2.45) is 5.92 Å². The SMILES string of the molecule is CC[C@H](C)[C@H](NC(=O)NCc1ccc(F)c(F)c1)C(=O)O. The molecule has 0 radical (unpaired) electrons. The fraction of sp³-hybridized carbons (Fsp3) is 0.429. The van der Waals surface area contributed by atoms with E-state index in [0.29, 0.717) is 12.0 Å². The largest absolute Gasteiger partial charge is 0.480 e. The molecule has 0 unspecified atom stereocenters. The van der Waals surface area contributed by atoms with Gasteiger partial charge in [0, 0.05) is 6.54 Å². The Balaban J connectivity index is 2.56. The van der Waals surface area contributed by atoms with Crippen molar-refractivity contribution in [1.82, 2.24) is 10.6 Å². The number of benzene rings is 1. The summed E-state index contributed by atoms with van der Waals surface area (Å²) in [5.41, 5.74) is 0.375. The standard InChI is InChI=1S/C14H18F2N2O3/c1-3-8(2)12(13(19)20)18-14(21)17-7-9-4-5-10(15)11(16)6-9/h4-6,8,12H,3,7H2,1-2H3,(H,19,20)(H2,17,18,21)/t8-,12-/m0/s1. The highest BCUT2D eigenvalue weighted by Crippen LogP contribution is 2.09. The lowest BCUT2D eigenvalue weighted by Gasteiger charge is -2.20. The first-order valence-electron chi connectivity index (χ1n) is 6.56. The summed E-state index contributed by atoms with van der Waals surface area (Å²) >= 11 is 0. The van der Waals surface area contributed by atoms with Gasteiger partial charge in [-0.2, -0.15) is 0 Å². The van der Waals surface area contributed by atoms with E-state index >= 15 is 0 Å². The Kier molecular flexibility index (Phi) is 6.08. The molecule has 3 N–H and O–H groups in total. The molecule has 2 atom stereocenters. The highest BCUT2D eigenvalue weighted by molar-refractivity contribution is 5.82. The lowest BCUT2D eigenvalue weighted by molar-refractivity contribution is -0.140. The number of carbonyl (C=O) groups is 2. The van der Waals surface area contributed by atoms with Crippen LogP contribution in [0.5, 0.6) is 0 Å². The van der Waals surface area contributed by atoms with Crippen LogP contribution in [-0.2, 0) is 11.3 Å². The fourth-order valence-corrected chi connectivity index (χ4v) is 1.71. The van der Waals surface area contributed by atoms with E-state index in [4.69, 9.17) is 5.11 Å². The molecule has 0 aliphatic rings. The predicted molar refractivity (Wildman–Crippen MR) is 72.6 cm³/mol. The molecule has 2 amide bonds. The molecule has 0 saturated heterocycles. The highest BCUT2D eigenvalue weighted by atomic mass is 19.2. The number of hydrogen-bond acceptors (Lipinski definition) is 2. The Morgan fingerprint density at radius 3 is 2.48 bits per heavy atom. The van der Waals surface area contributed by atoms with Crippen molar-refractivity contribution in [3.05, 3.63) is 35.4 Å². The normalized spacial score (nSPS) is 13.3. The Morgan fingerprint density at radius 2 is 1.95 bits per heavy atom. The van der Waals surface area contributed by atoms with E-state index < -0.39 is 29.7 Å². The number of nitrogens with one attached hydrogen (secondary N) is 2. The molecule has 0 aliphatic heterocycles. The summed E-state index contributed by atoms with van der Waals surface area (Å²) in [6, 6.07) is 1.59. The molecule has 0 fully saturated rings. The van der Waals surface area contributed by atoms with Crippen molar-refractivity contribution >= 4 is 12.0 Å². The van der Waals surface area contributed by atoms with E-state index in [9.17, 15) is 18.4 Å². The maximum Gasteiger partial charge on any atom is 0.326 e. The van der Waals surface area contributed by atoms with Crippen molar-refractivity contribution in [1.29, 1.82) is 0 Å². The minimum absolute atomic E-state index is 0.0319. The summed E-state index contributed by atoms with van der Waals surface area (Å²) in [5, 5.41) is 13.8. The molecule has 21 heavy (non-hydrogen) atoms. The smallest absolute Gasteiger partial charge is 0.326 e. The summed E-state index contributed by atoms with van der Waals surface area (Å²) in [6.07, 6.45) is 0.598. The van der Waals surface area contributed by atoms with Crippen LogP contribution in [0.15, 0.2) is 18.2 Å². The zero-order valence-electron chi connectivity index (χ0n) is 11.8. The lowest BCUT2D eigenvalue weighted by atomic mass is 9.99. The first-order valence-corrected chi connectivity index (χ1v) is 6.56. The molecule has 0 bridgehead atoms. The summed E-state index contributed by atoms with van der Waals surface area (Å²) in [6.45, 7) is 3.51. The monoisotopic (exact) mass is 300 g/mol. The molecule has 0 saturated carbocycles. The summed E-state index contributed by atoms with van der Waals surface area (Å²) in [7, 11) is 0. The van der Waals surface area contributed by atoms with Gasteiger partial charge in [-0.1, -0.05) is 26.3 Å². The van der Waals surface area contributed by atoms with Gasteiger partial charge in [0.25, 0.3) is 0 Å². The third kappa shape index (κ3) is 5.02. The van der Waals surface area contributed by atoms with Gasteiger partial charge in [-0.3, -0.25) is 0 Å². The summed E-state index contributed by atoms with van der Waals surface area (Å²) < 4.78 is 25.7. The van der Waals surface area contributed by atoms with Crippen LogP contribution in [0.2, 0.25) is 0 Å². The number of halogens is 2. The summed E-state index contributed by atoms with van der Waals surface area (Å²) in [4.78, 5) is 22.7. The minimum atomic E-state index is -1.12. The van der Waals surface area contributed by atoms with E-state index in [-0.39, 0.29) is 12.5 Å². The number of carboxylic acids is 1. The second-order valence-electron chi connectivity index (χ2n) is 4.78. The molecule has 1 rings (SSSR count). The number of amides is 2. The Labute approximate surface area is 121 Å². The molecule has 0 spiro atoms. The Morgan fingerprint density at radius 1 is 1.29 bits per heavy atom. The van der Waals surface area contributed by atoms with E-state index in [0.717, 1.165) is 12.1 Å². The van der Waals surface area contributed by atoms with Crippen molar-refractivity contribution in [3.8, 4) is 0 Å². The molecule has 1 aromatic rings. The van der Waals surface area contributed by atoms with Crippen molar-refractivity contribution < 1.29 is 23.5 Å². The quantitative estimate of drug-likeness (QED) is 0.754. The third-order valence-corrected chi connectivity index (χ3v) is 3.20. The van der Waals surface area contributed by atoms with E-state index in [2.05, 4.69) is 10.6 Å². The molecule has 7 heteroatoms. The summed E-state index contributed by atoms with van der Waals surface area (Å²) in [5.74, 6) is -3.31. The molecular formula is C14H18F2N2O3. The van der Waals surface area contributed by atoms with Gasteiger partial charge < -0.3 is 15.7 Å². The van der Waals surface area contributed by atoms with Crippen LogP contribution in [0, 0.1) is 17.6 Å². The van der Waals surface area contributed by atoms with Gasteiger partial charge in [0.2, 0.25) is 0 Å². The topological polar surface area (TPSA) is 78.4 Å². The molecule has 5 nitrogen and oxygen atoms in total. The van der Waals surface area contributed by atoms with E-state index in [1.54, 1.807) is 6.92 Å². The minimum Gasteiger partial charge on any atom is -0.480 e. The number of carbonyl (C=O) groups excluding carboxylic acids is 1. The molecule has 0 aromatic heterocycles. The van der Waals surface area contributed by atoms with E-state index in [1.807, 2.05) is 6.92 Å². The van der Waals surface area contributed by atoms with Crippen LogP contribution >= 0.6 is 0 Å². The van der Waals surface area contributed by atoms with Crippen LogP contribution < -0.4 is 10.6 Å². The molecule has 0 heterocycles. The second-order valence-corrected chi connectivity index (χ2v) is 4.78. The Hall–Kier alpha value is -2.18. The maximum absolute atomic E-state index is 13.0. The van der Waals surface area contributed by atoms with Crippen LogP contribution in [0.25, 0.3) is 0 Å². The molecular weight excluding hydrogens is 282 g/mol. The lowest BCUT2D eigenvalue weighted by Crippen LogP contribution is -2.48. The fourth-order valence-electron chi connectivity index (χ4n) is 1.71. The van der Waals surface area contributed by atoms with Crippen molar-refractivity contribution in [2.45, 2.75) is 32.9 Å². The van der Waals surface area contributed by atoms with Gasteiger partial charge in [-0.05, 0) is 23.6 Å². The number of hydrogen-bond donors (Lipinski definition) is 3. The molecule has 1 aromatic carbocycles. The maximum atomic E-state index is 13.0. The van der Waals surface area contributed by atoms with Crippen LogP contribution in [0.3, 0.4) is 0 Å². The predicted octanol–water partition coefficient (Wildman–Crippen LogP) is 2.26. The third-order valence-electron chi connectivity index (χ3n) is 3.20. The van der Waals surface area contributed by atoms with Crippen molar-refractivity contribution in [3.63, 3.8) is 0 Å². The number of aliphatic carboxylic acids is 1. The van der Waals surface area contributed by atoms with Gasteiger partial charge in [0.15, 0.2) is 11.6 Å². The van der Waals surface area contributed by atoms with Crippen molar-refractivity contribution in [2.75, 3.05) is 0 Å². The van der Waals surface area contributed by atoms with Gasteiger partial charge in [-0.15, -0.1) is 0 Å². The van der Waals surface area contributed by atoms with Crippen LogP contribution in [0.1, 0.15) is 25.8 Å². The first kappa shape index (κ1) is 16.9. The zero-order chi connectivity index (χ0) is 16.0. The van der Waals surface area contributed by atoms with Crippen LogP contribution in [-0.4, -0.2) is 23.1 Å². The number of rotatable bonds is 6. The molecule has 0 aliphatic carbocycles. The Bertz CT molecular complexity index is 523. The zero-order valence-corrected chi connectivity index (χ0v) is 11.8. The van der Waals surface area contributed by atoms with Crippen LogP contribution in [0.4, 0.5) is 13.6 Å². The highest BCUT2D eigenvalue weighted by Gasteiger charge is 2.25. The van der Waals surface area contributed by atoms with E-state index in [1.165, 1.54) is 6.07 Å². The van der Waals surface area contributed by atoms with Gasteiger partial charge in [0.05, 0.1) is 0 Å². The van der Waals surface area contributed by atoms with Gasteiger partial charge in [-0.25, -0.2) is 18.4 Å². The van der Waals surface area contributed by atoms with Gasteiger partial charge in [0.1, 0.15) is 6.04 Å². The van der Waals surface area contributed by atoms with Gasteiger partial charge >= 0.3 is 12.0 Å².